The topological polar surface area (TPSA) is 114 Å². The van der Waals surface area contributed by atoms with Gasteiger partial charge in [-0.05, 0) is 51.5 Å². The minimum atomic E-state index is -1.09. The van der Waals surface area contributed by atoms with Gasteiger partial charge in [-0.3, -0.25) is 4.79 Å². The third kappa shape index (κ3) is 7.40. The average molecular weight is 473 g/mol. The fourth-order valence-electron chi connectivity index (χ4n) is 3.29. The zero-order chi connectivity index (χ0) is 25.5. The first-order valence-corrected chi connectivity index (χ1v) is 10.8. The molecule has 0 radical (unpaired) electrons. The highest BCUT2D eigenvalue weighted by Gasteiger charge is 2.27. The molecule has 2 aromatic carbocycles. The second-order valence-electron chi connectivity index (χ2n) is 8.70. The number of carboxylic acid groups (broad SMARTS) is 1. The van der Waals surface area contributed by atoms with E-state index in [1.54, 1.807) is 64.1 Å². The summed E-state index contributed by atoms with van der Waals surface area (Å²) in [4.78, 5) is 38.8. The summed E-state index contributed by atoms with van der Waals surface area (Å²) in [6.07, 6.45) is -0.721. The molecule has 1 unspecified atom stereocenters. The molecular formula is C25H32N2O7. The first-order chi connectivity index (χ1) is 15.9. The predicted octanol–water partition coefficient (Wildman–Crippen LogP) is 3.84. The summed E-state index contributed by atoms with van der Waals surface area (Å²) < 4.78 is 16.0. The molecule has 9 nitrogen and oxygen atoms in total. The number of nitrogens with zero attached hydrogens (tertiary/aromatic N) is 1. The molecule has 2 amide bonds. The van der Waals surface area contributed by atoms with Gasteiger partial charge in [-0.25, -0.2) is 9.59 Å². The fraction of sp³-hybridized carbons (Fsp3) is 0.400. The van der Waals surface area contributed by atoms with Crippen LogP contribution in [0.2, 0.25) is 0 Å². The number of hydrogen-bond acceptors (Lipinski definition) is 6. The highest BCUT2D eigenvalue weighted by molar-refractivity contribution is 5.90. The van der Waals surface area contributed by atoms with Crippen molar-refractivity contribution in [2.75, 3.05) is 14.2 Å². The summed E-state index contributed by atoms with van der Waals surface area (Å²) in [5.74, 6) is -0.403. The van der Waals surface area contributed by atoms with Crippen LogP contribution < -0.4 is 14.8 Å². The summed E-state index contributed by atoms with van der Waals surface area (Å²) in [7, 11) is 3.05. The van der Waals surface area contributed by atoms with E-state index in [1.165, 1.54) is 25.2 Å². The Morgan fingerprint density at radius 3 is 2.24 bits per heavy atom. The normalized spacial score (nSPS) is 11.8. The van der Waals surface area contributed by atoms with Gasteiger partial charge in [-0.15, -0.1) is 0 Å². The minimum Gasteiger partial charge on any atom is -0.497 e. The van der Waals surface area contributed by atoms with Crippen molar-refractivity contribution in [1.29, 1.82) is 0 Å². The molecule has 2 aromatic rings. The second-order valence-corrected chi connectivity index (χ2v) is 8.70. The lowest BCUT2D eigenvalue weighted by Crippen LogP contribution is -2.47. The van der Waals surface area contributed by atoms with Gasteiger partial charge < -0.3 is 29.5 Å². The van der Waals surface area contributed by atoms with E-state index in [-0.39, 0.29) is 18.7 Å². The molecule has 0 heterocycles. The van der Waals surface area contributed by atoms with E-state index < -0.39 is 29.6 Å². The zero-order valence-corrected chi connectivity index (χ0v) is 20.4. The third-order valence-corrected chi connectivity index (χ3v) is 4.88. The van der Waals surface area contributed by atoms with Crippen LogP contribution >= 0.6 is 0 Å². The van der Waals surface area contributed by atoms with Gasteiger partial charge in [0.2, 0.25) is 5.91 Å². The maximum atomic E-state index is 13.4. The molecule has 0 aromatic heterocycles. The van der Waals surface area contributed by atoms with Crippen LogP contribution in [0.5, 0.6) is 11.5 Å². The number of ether oxygens (including phenoxy) is 3. The number of benzene rings is 2. The van der Waals surface area contributed by atoms with Crippen molar-refractivity contribution in [3.63, 3.8) is 0 Å². The van der Waals surface area contributed by atoms with Crippen molar-refractivity contribution in [3.8, 4) is 11.5 Å². The monoisotopic (exact) mass is 472 g/mol. The number of carboxylic acids is 1. The summed E-state index contributed by atoms with van der Waals surface area (Å²) >= 11 is 0. The van der Waals surface area contributed by atoms with Crippen molar-refractivity contribution in [2.45, 2.75) is 52.4 Å². The molecule has 0 aliphatic carbocycles. The summed E-state index contributed by atoms with van der Waals surface area (Å²) in [5.41, 5.74) is 0.521. The summed E-state index contributed by atoms with van der Waals surface area (Å²) in [6.45, 7) is 6.85. The van der Waals surface area contributed by atoms with E-state index in [9.17, 15) is 19.5 Å². The Bertz CT molecular complexity index is 1030. The molecule has 184 valence electrons. The maximum Gasteiger partial charge on any atom is 0.408 e. The van der Waals surface area contributed by atoms with Gasteiger partial charge in [0.15, 0.2) is 0 Å². The zero-order valence-electron chi connectivity index (χ0n) is 20.4. The van der Waals surface area contributed by atoms with Crippen molar-refractivity contribution in [2.24, 2.45) is 0 Å². The van der Waals surface area contributed by atoms with Gasteiger partial charge >= 0.3 is 12.1 Å². The molecular weight excluding hydrogens is 440 g/mol. The van der Waals surface area contributed by atoms with Gasteiger partial charge in [-0.2, -0.15) is 0 Å². The number of aromatic carboxylic acids is 1. The molecule has 2 N–H and O–H groups in total. The molecule has 2 rings (SSSR count). The van der Waals surface area contributed by atoms with E-state index in [0.29, 0.717) is 22.6 Å². The quantitative estimate of drug-likeness (QED) is 0.570. The van der Waals surface area contributed by atoms with Crippen molar-refractivity contribution in [1.82, 2.24) is 10.2 Å². The number of methoxy groups -OCH3 is 2. The van der Waals surface area contributed by atoms with Crippen LogP contribution in [0.3, 0.4) is 0 Å². The largest absolute Gasteiger partial charge is 0.497 e. The molecule has 0 bridgehead atoms. The van der Waals surface area contributed by atoms with Crippen LogP contribution in [-0.4, -0.2) is 53.8 Å². The Balaban J connectivity index is 2.37. The SMILES string of the molecule is COc1ccc(CN(Cc2ccccc2C(=O)O)C(=O)C(C)NC(=O)OC(C)(C)C)c(OC)c1. The highest BCUT2D eigenvalue weighted by Crippen LogP contribution is 2.27. The molecule has 0 saturated carbocycles. The number of alkyl carbamates (subject to hydrolysis) is 1. The molecule has 0 fully saturated rings. The lowest BCUT2D eigenvalue weighted by atomic mass is 10.1. The van der Waals surface area contributed by atoms with Crippen LogP contribution in [0.15, 0.2) is 42.5 Å². The van der Waals surface area contributed by atoms with Crippen LogP contribution in [0.1, 0.15) is 49.2 Å². The van der Waals surface area contributed by atoms with Gasteiger partial charge in [0.25, 0.3) is 0 Å². The van der Waals surface area contributed by atoms with Crippen molar-refractivity contribution in [3.05, 3.63) is 59.2 Å². The number of rotatable bonds is 9. The lowest BCUT2D eigenvalue weighted by molar-refractivity contribution is -0.134. The fourth-order valence-corrected chi connectivity index (χ4v) is 3.29. The smallest absolute Gasteiger partial charge is 0.408 e. The molecule has 0 aliphatic rings. The summed E-state index contributed by atoms with van der Waals surface area (Å²) in [5, 5.41) is 12.1. The van der Waals surface area contributed by atoms with E-state index in [2.05, 4.69) is 5.32 Å². The van der Waals surface area contributed by atoms with Crippen LogP contribution in [0.25, 0.3) is 0 Å². The van der Waals surface area contributed by atoms with Gasteiger partial charge in [0.05, 0.1) is 19.8 Å². The minimum absolute atomic E-state index is 0.0107. The highest BCUT2D eigenvalue weighted by atomic mass is 16.6. The number of amides is 2. The van der Waals surface area contributed by atoms with Crippen LogP contribution in [-0.2, 0) is 22.6 Å². The third-order valence-electron chi connectivity index (χ3n) is 4.88. The van der Waals surface area contributed by atoms with E-state index in [0.717, 1.165) is 0 Å². The van der Waals surface area contributed by atoms with E-state index in [1.807, 2.05) is 0 Å². The molecule has 0 aliphatic heterocycles. The lowest BCUT2D eigenvalue weighted by Gasteiger charge is -2.28. The number of hydrogen-bond donors (Lipinski definition) is 2. The molecule has 1 atom stereocenters. The molecule has 34 heavy (non-hydrogen) atoms. The number of carbonyl (C=O) groups excluding carboxylic acids is 2. The number of carbonyl (C=O) groups is 3. The maximum absolute atomic E-state index is 13.4. The van der Waals surface area contributed by atoms with E-state index >= 15 is 0 Å². The summed E-state index contributed by atoms with van der Waals surface area (Å²) in [6, 6.07) is 10.8. The van der Waals surface area contributed by atoms with Crippen LogP contribution in [0, 0.1) is 0 Å². The second kappa shape index (κ2) is 11.4. The Labute approximate surface area is 199 Å². The van der Waals surface area contributed by atoms with Gasteiger partial charge in [0.1, 0.15) is 23.1 Å². The first-order valence-electron chi connectivity index (χ1n) is 10.8. The Kier molecular flexibility index (Phi) is 8.89. The Hall–Kier alpha value is -3.75. The number of nitrogens with one attached hydrogen (secondary N) is 1. The average Bonchev–Trinajstić information content (AvgIpc) is 2.77. The molecule has 0 spiro atoms. The standard InChI is InChI=1S/C25H32N2O7/c1-16(26-24(31)34-25(2,3)4)22(28)27(14-17-9-7-8-10-20(17)23(29)30)15-18-11-12-19(32-5)13-21(18)33-6/h7-13,16H,14-15H2,1-6H3,(H,26,31)(H,29,30). The predicted molar refractivity (Wildman–Crippen MR) is 126 cm³/mol. The Morgan fingerprint density at radius 2 is 1.65 bits per heavy atom. The molecule has 9 heteroatoms. The van der Waals surface area contributed by atoms with Gasteiger partial charge in [-0.1, -0.05) is 18.2 Å². The van der Waals surface area contributed by atoms with E-state index in [4.69, 9.17) is 14.2 Å². The van der Waals surface area contributed by atoms with Crippen molar-refractivity contribution < 1.29 is 33.7 Å². The van der Waals surface area contributed by atoms with Crippen LogP contribution in [0.4, 0.5) is 4.79 Å². The molecule has 0 saturated heterocycles. The first kappa shape index (κ1) is 26.5. The van der Waals surface area contributed by atoms with Gasteiger partial charge in [0, 0.05) is 24.7 Å². The van der Waals surface area contributed by atoms with Crippen molar-refractivity contribution >= 4 is 18.0 Å². The Morgan fingerprint density at radius 1 is 1.00 bits per heavy atom.